The molecule has 0 unspecified atom stereocenters. The van der Waals surface area contributed by atoms with Crippen LogP contribution in [0.4, 0.5) is 5.69 Å². The normalized spacial score (nSPS) is 11.1. The average molecular weight is 416 g/mol. The molecule has 31 heavy (non-hydrogen) atoms. The van der Waals surface area contributed by atoms with E-state index in [4.69, 9.17) is 4.74 Å². The summed E-state index contributed by atoms with van der Waals surface area (Å²) in [6, 6.07) is 19.8. The molecule has 0 saturated heterocycles. The Morgan fingerprint density at radius 2 is 1.81 bits per heavy atom. The SMILES string of the molecule is O=c1[nH]c2ccccc2c(=O)n1N=Cc1ccccc1OCc1cccc([N+](=O)[O-])c1. The van der Waals surface area contributed by atoms with Crippen molar-refractivity contribution in [1.82, 2.24) is 9.66 Å². The fourth-order valence-electron chi connectivity index (χ4n) is 3.02. The van der Waals surface area contributed by atoms with E-state index < -0.39 is 16.2 Å². The molecule has 154 valence electrons. The summed E-state index contributed by atoms with van der Waals surface area (Å²) in [5.41, 5.74) is 0.381. The molecule has 0 fully saturated rings. The largest absolute Gasteiger partial charge is 0.488 e. The number of nitrogens with zero attached hydrogens (tertiary/aromatic N) is 3. The predicted octanol–water partition coefficient (Wildman–Crippen LogP) is 3.06. The molecule has 0 amide bonds. The number of nitrogens with one attached hydrogen (secondary N) is 1. The first-order valence-corrected chi connectivity index (χ1v) is 9.26. The number of hydrogen-bond acceptors (Lipinski definition) is 6. The molecule has 0 aliphatic carbocycles. The van der Waals surface area contributed by atoms with Crippen molar-refractivity contribution >= 4 is 22.8 Å². The molecule has 4 rings (SSSR count). The van der Waals surface area contributed by atoms with E-state index in [-0.39, 0.29) is 12.3 Å². The number of nitro benzene ring substituents is 1. The molecule has 9 nitrogen and oxygen atoms in total. The lowest BCUT2D eigenvalue weighted by Gasteiger charge is -2.09. The Morgan fingerprint density at radius 3 is 2.65 bits per heavy atom. The molecule has 4 aromatic rings. The number of benzene rings is 3. The van der Waals surface area contributed by atoms with E-state index in [1.165, 1.54) is 18.3 Å². The lowest BCUT2D eigenvalue weighted by Crippen LogP contribution is -2.32. The molecule has 0 atom stereocenters. The first-order valence-electron chi connectivity index (χ1n) is 9.26. The molecule has 0 aliphatic rings. The van der Waals surface area contributed by atoms with Crippen molar-refractivity contribution in [3.05, 3.63) is 115 Å². The zero-order chi connectivity index (χ0) is 21.8. The fraction of sp³-hybridized carbons (Fsp3) is 0.0455. The first-order chi connectivity index (χ1) is 15.0. The second-order valence-corrected chi connectivity index (χ2v) is 6.59. The van der Waals surface area contributed by atoms with Crippen molar-refractivity contribution in [3.63, 3.8) is 0 Å². The van der Waals surface area contributed by atoms with Crippen molar-refractivity contribution in [1.29, 1.82) is 0 Å². The highest BCUT2D eigenvalue weighted by Crippen LogP contribution is 2.19. The minimum Gasteiger partial charge on any atom is -0.488 e. The molecular formula is C22H16N4O5. The minimum absolute atomic E-state index is 0.0224. The highest BCUT2D eigenvalue weighted by molar-refractivity contribution is 5.83. The van der Waals surface area contributed by atoms with Gasteiger partial charge in [0.05, 0.1) is 22.0 Å². The van der Waals surface area contributed by atoms with Crippen molar-refractivity contribution in [2.45, 2.75) is 6.61 Å². The molecular weight excluding hydrogens is 400 g/mol. The van der Waals surface area contributed by atoms with E-state index in [1.54, 1.807) is 60.7 Å². The molecule has 0 saturated carbocycles. The second kappa shape index (κ2) is 8.46. The Labute approximate surface area is 175 Å². The van der Waals surface area contributed by atoms with Crippen LogP contribution in [0.3, 0.4) is 0 Å². The molecule has 0 bridgehead atoms. The van der Waals surface area contributed by atoms with Crippen LogP contribution in [0.15, 0.2) is 87.5 Å². The van der Waals surface area contributed by atoms with Gasteiger partial charge in [0.1, 0.15) is 12.4 Å². The average Bonchev–Trinajstić information content (AvgIpc) is 2.78. The number of nitro groups is 1. The third kappa shape index (κ3) is 4.25. The van der Waals surface area contributed by atoms with Crippen molar-refractivity contribution in [2.75, 3.05) is 0 Å². The quantitative estimate of drug-likeness (QED) is 0.294. The van der Waals surface area contributed by atoms with Gasteiger partial charge in [-0.1, -0.05) is 36.4 Å². The third-order valence-corrected chi connectivity index (χ3v) is 4.53. The maximum absolute atomic E-state index is 12.6. The fourth-order valence-corrected chi connectivity index (χ4v) is 3.02. The van der Waals surface area contributed by atoms with E-state index in [0.29, 0.717) is 27.8 Å². The highest BCUT2D eigenvalue weighted by Gasteiger charge is 2.08. The number of ether oxygens (including phenoxy) is 1. The number of non-ortho nitro benzene ring substituents is 1. The summed E-state index contributed by atoms with van der Waals surface area (Å²) in [5.74, 6) is 0.447. The summed E-state index contributed by atoms with van der Waals surface area (Å²) in [7, 11) is 0. The van der Waals surface area contributed by atoms with Crippen LogP contribution in [0.5, 0.6) is 5.75 Å². The molecule has 0 spiro atoms. The van der Waals surface area contributed by atoms with Gasteiger partial charge in [-0.05, 0) is 29.8 Å². The Kier molecular flexibility index (Phi) is 5.39. The van der Waals surface area contributed by atoms with Gasteiger partial charge in [-0.2, -0.15) is 5.10 Å². The molecule has 9 heteroatoms. The zero-order valence-electron chi connectivity index (χ0n) is 16.1. The van der Waals surface area contributed by atoms with Crippen molar-refractivity contribution in [3.8, 4) is 5.75 Å². The van der Waals surface area contributed by atoms with Crippen molar-refractivity contribution < 1.29 is 9.66 Å². The lowest BCUT2D eigenvalue weighted by molar-refractivity contribution is -0.384. The summed E-state index contributed by atoms with van der Waals surface area (Å²) in [6.07, 6.45) is 1.36. The second-order valence-electron chi connectivity index (χ2n) is 6.59. The predicted molar refractivity (Wildman–Crippen MR) is 116 cm³/mol. The first kappa shape index (κ1) is 19.8. The standard InChI is InChI=1S/C22H16N4O5/c27-21-18-9-2-3-10-19(18)24-22(28)25(21)23-13-16-7-1-4-11-20(16)31-14-15-6-5-8-17(12-15)26(29)30/h1-13H,14H2,(H,24,28). The van der Waals surface area contributed by atoms with Gasteiger partial charge in [0.25, 0.3) is 11.2 Å². The molecule has 3 aromatic carbocycles. The summed E-state index contributed by atoms with van der Waals surface area (Å²) in [5, 5.41) is 15.3. The highest BCUT2D eigenvalue weighted by atomic mass is 16.6. The number of fused-ring (bicyclic) bond motifs is 1. The Balaban J connectivity index is 1.61. The molecule has 1 N–H and O–H groups in total. The maximum Gasteiger partial charge on any atom is 0.349 e. The maximum atomic E-state index is 12.6. The third-order valence-electron chi connectivity index (χ3n) is 4.53. The van der Waals surface area contributed by atoms with Crippen LogP contribution in [0.2, 0.25) is 0 Å². The monoisotopic (exact) mass is 416 g/mol. The van der Waals surface area contributed by atoms with Crippen LogP contribution >= 0.6 is 0 Å². The van der Waals surface area contributed by atoms with Crippen LogP contribution in [0.1, 0.15) is 11.1 Å². The van der Waals surface area contributed by atoms with Crippen LogP contribution in [0, 0.1) is 10.1 Å². The van der Waals surface area contributed by atoms with Gasteiger partial charge in [-0.3, -0.25) is 14.9 Å². The van der Waals surface area contributed by atoms with Gasteiger partial charge in [-0.25, -0.2) is 4.79 Å². The smallest absolute Gasteiger partial charge is 0.349 e. The molecule has 0 aliphatic heterocycles. The van der Waals surface area contributed by atoms with E-state index in [9.17, 15) is 19.7 Å². The summed E-state index contributed by atoms with van der Waals surface area (Å²) >= 11 is 0. The zero-order valence-corrected chi connectivity index (χ0v) is 16.1. The number of aromatic nitrogens is 2. The molecule has 1 aromatic heterocycles. The van der Waals surface area contributed by atoms with E-state index in [0.717, 1.165) is 4.68 Å². The summed E-state index contributed by atoms with van der Waals surface area (Å²) in [4.78, 5) is 37.9. The lowest BCUT2D eigenvalue weighted by atomic mass is 10.2. The summed E-state index contributed by atoms with van der Waals surface area (Å²) < 4.78 is 6.54. The minimum atomic E-state index is -0.657. The molecule has 1 heterocycles. The van der Waals surface area contributed by atoms with Crippen LogP contribution in [0.25, 0.3) is 10.9 Å². The summed E-state index contributed by atoms with van der Waals surface area (Å²) in [6.45, 7) is 0.100. The van der Waals surface area contributed by atoms with Gasteiger partial charge in [0.2, 0.25) is 0 Å². The topological polar surface area (TPSA) is 120 Å². The van der Waals surface area contributed by atoms with E-state index >= 15 is 0 Å². The molecule has 0 radical (unpaired) electrons. The van der Waals surface area contributed by atoms with Crippen LogP contribution in [-0.2, 0) is 6.61 Å². The number of para-hydroxylation sites is 2. The number of H-pyrrole nitrogens is 1. The van der Waals surface area contributed by atoms with Gasteiger partial charge in [-0.15, -0.1) is 4.68 Å². The van der Waals surface area contributed by atoms with Gasteiger partial charge in [0.15, 0.2) is 0 Å². The Bertz CT molecular complexity index is 1420. The van der Waals surface area contributed by atoms with Gasteiger partial charge >= 0.3 is 5.69 Å². The van der Waals surface area contributed by atoms with Crippen LogP contribution in [-0.4, -0.2) is 20.8 Å². The Morgan fingerprint density at radius 1 is 1.03 bits per heavy atom. The van der Waals surface area contributed by atoms with Crippen molar-refractivity contribution in [2.24, 2.45) is 5.10 Å². The number of hydrogen-bond donors (Lipinski definition) is 1. The van der Waals surface area contributed by atoms with E-state index in [2.05, 4.69) is 10.1 Å². The number of rotatable bonds is 6. The Hall–Kier alpha value is -4.53. The number of aromatic amines is 1. The van der Waals surface area contributed by atoms with Gasteiger partial charge < -0.3 is 9.72 Å². The van der Waals surface area contributed by atoms with Gasteiger partial charge in [0, 0.05) is 17.7 Å². The van der Waals surface area contributed by atoms with E-state index in [1.807, 2.05) is 0 Å². The van der Waals surface area contributed by atoms with Crippen LogP contribution < -0.4 is 16.0 Å².